The molecule has 0 saturated heterocycles. The molecule has 0 saturated carbocycles. The van der Waals surface area contributed by atoms with Gasteiger partial charge in [0.15, 0.2) is 0 Å². The van der Waals surface area contributed by atoms with Crippen LogP contribution in [0.3, 0.4) is 0 Å². The predicted octanol–water partition coefficient (Wildman–Crippen LogP) is 3.56. The van der Waals surface area contributed by atoms with Gasteiger partial charge >= 0.3 is 0 Å². The zero-order valence-electron chi connectivity index (χ0n) is 12.0. The lowest BCUT2D eigenvalue weighted by Crippen LogP contribution is -2.13. The molecule has 0 aliphatic heterocycles. The Morgan fingerprint density at radius 3 is 2.67 bits per heavy atom. The summed E-state index contributed by atoms with van der Waals surface area (Å²) < 4.78 is 6.11. The number of hydrogen-bond acceptors (Lipinski definition) is 2. The Hall–Kier alpha value is -2.13. The Kier molecular flexibility index (Phi) is 4.02. The van der Waals surface area contributed by atoms with Crippen LogP contribution >= 0.6 is 0 Å². The van der Waals surface area contributed by atoms with Gasteiger partial charge < -0.3 is 10.5 Å². The normalized spacial score (nSPS) is 17.2. The highest BCUT2D eigenvalue weighted by Crippen LogP contribution is 2.32. The first-order valence-corrected chi connectivity index (χ1v) is 7.37. The number of nitrogens with two attached hydrogens (primary N) is 1. The molecule has 3 heteroatoms. The van der Waals surface area contributed by atoms with Crippen LogP contribution in [0.1, 0.15) is 41.2 Å². The smallest absolute Gasteiger partial charge is 0.122 e. The SMILES string of the molecule is N=C(N)c1ccc(COC2CCCc3ccccc32)cc1. The summed E-state index contributed by atoms with van der Waals surface area (Å²) in [5, 5.41) is 7.40. The summed E-state index contributed by atoms with van der Waals surface area (Å²) >= 11 is 0. The van der Waals surface area contributed by atoms with Crippen molar-refractivity contribution in [3.05, 3.63) is 70.8 Å². The molecule has 2 aromatic carbocycles. The van der Waals surface area contributed by atoms with Gasteiger partial charge in [-0.1, -0.05) is 48.5 Å². The van der Waals surface area contributed by atoms with Crippen molar-refractivity contribution >= 4 is 5.84 Å². The lowest BCUT2D eigenvalue weighted by Gasteiger charge is -2.25. The third-order valence-corrected chi connectivity index (χ3v) is 4.03. The van der Waals surface area contributed by atoms with Crippen molar-refractivity contribution in [3.63, 3.8) is 0 Å². The fraction of sp³-hybridized carbons (Fsp3) is 0.278. The highest BCUT2D eigenvalue weighted by molar-refractivity contribution is 5.94. The molecule has 0 bridgehead atoms. The van der Waals surface area contributed by atoms with Crippen molar-refractivity contribution < 1.29 is 4.74 Å². The average molecular weight is 280 g/mol. The van der Waals surface area contributed by atoms with E-state index < -0.39 is 0 Å². The maximum atomic E-state index is 7.40. The van der Waals surface area contributed by atoms with Crippen LogP contribution in [-0.4, -0.2) is 5.84 Å². The Morgan fingerprint density at radius 2 is 1.90 bits per heavy atom. The molecule has 1 aliphatic carbocycles. The number of nitrogens with one attached hydrogen (secondary N) is 1. The van der Waals surface area contributed by atoms with Crippen molar-refractivity contribution in [3.8, 4) is 0 Å². The molecule has 21 heavy (non-hydrogen) atoms. The molecule has 1 unspecified atom stereocenters. The molecule has 108 valence electrons. The van der Waals surface area contributed by atoms with E-state index in [9.17, 15) is 0 Å². The van der Waals surface area contributed by atoms with E-state index in [1.165, 1.54) is 17.5 Å². The molecule has 3 nitrogen and oxygen atoms in total. The number of hydrogen-bond donors (Lipinski definition) is 2. The fourth-order valence-electron chi connectivity index (χ4n) is 2.86. The molecule has 0 amide bonds. The first kappa shape index (κ1) is 13.8. The molecule has 1 atom stereocenters. The van der Waals surface area contributed by atoms with Gasteiger partial charge in [0.25, 0.3) is 0 Å². The van der Waals surface area contributed by atoms with Crippen LogP contribution in [0.15, 0.2) is 48.5 Å². The van der Waals surface area contributed by atoms with Gasteiger partial charge in [-0.3, -0.25) is 5.41 Å². The first-order valence-electron chi connectivity index (χ1n) is 7.37. The van der Waals surface area contributed by atoms with Crippen LogP contribution in [0.5, 0.6) is 0 Å². The van der Waals surface area contributed by atoms with Crippen molar-refractivity contribution in [2.45, 2.75) is 32.0 Å². The van der Waals surface area contributed by atoms with E-state index in [0.717, 1.165) is 24.0 Å². The Bertz CT molecular complexity index is 634. The minimum atomic E-state index is 0.101. The van der Waals surface area contributed by atoms with Gasteiger partial charge in [-0.05, 0) is 36.0 Å². The van der Waals surface area contributed by atoms with Crippen LogP contribution < -0.4 is 5.73 Å². The molecule has 3 N–H and O–H groups in total. The third kappa shape index (κ3) is 3.14. The quantitative estimate of drug-likeness (QED) is 0.664. The molecule has 0 heterocycles. The van der Waals surface area contributed by atoms with E-state index >= 15 is 0 Å². The van der Waals surface area contributed by atoms with Gasteiger partial charge in [-0.2, -0.15) is 0 Å². The van der Waals surface area contributed by atoms with E-state index in [0.29, 0.717) is 6.61 Å². The summed E-state index contributed by atoms with van der Waals surface area (Å²) in [5.74, 6) is 0.101. The van der Waals surface area contributed by atoms with Crippen molar-refractivity contribution in [2.24, 2.45) is 5.73 Å². The maximum absolute atomic E-state index is 7.40. The minimum absolute atomic E-state index is 0.101. The Morgan fingerprint density at radius 1 is 1.14 bits per heavy atom. The second-order valence-electron chi connectivity index (χ2n) is 5.50. The molecule has 0 spiro atoms. The molecule has 2 aromatic rings. The van der Waals surface area contributed by atoms with Crippen LogP contribution in [0.4, 0.5) is 0 Å². The van der Waals surface area contributed by atoms with Gasteiger partial charge in [0, 0.05) is 5.56 Å². The first-order chi connectivity index (χ1) is 10.2. The van der Waals surface area contributed by atoms with Crippen LogP contribution in [0.25, 0.3) is 0 Å². The van der Waals surface area contributed by atoms with E-state index in [4.69, 9.17) is 15.9 Å². The van der Waals surface area contributed by atoms with Gasteiger partial charge in [0.1, 0.15) is 5.84 Å². The number of ether oxygens (including phenoxy) is 1. The lowest BCUT2D eigenvalue weighted by molar-refractivity contribution is 0.0283. The zero-order valence-corrected chi connectivity index (χ0v) is 12.0. The Balaban J connectivity index is 1.67. The summed E-state index contributed by atoms with van der Waals surface area (Å²) in [7, 11) is 0. The molecule has 0 fully saturated rings. The van der Waals surface area contributed by atoms with Crippen LogP contribution in [0, 0.1) is 5.41 Å². The van der Waals surface area contributed by atoms with Crippen LogP contribution in [-0.2, 0) is 17.8 Å². The Labute approximate surface area is 125 Å². The molecular weight excluding hydrogens is 260 g/mol. The molecular formula is C18H20N2O. The number of benzene rings is 2. The third-order valence-electron chi connectivity index (χ3n) is 4.03. The summed E-state index contributed by atoms with van der Waals surface area (Å²) in [6, 6.07) is 16.3. The largest absolute Gasteiger partial charge is 0.384 e. The minimum Gasteiger partial charge on any atom is -0.384 e. The number of fused-ring (bicyclic) bond motifs is 1. The standard InChI is InChI=1S/C18H20N2O/c19-18(20)15-10-8-13(9-11-15)12-21-17-7-3-5-14-4-1-2-6-16(14)17/h1-2,4,6,8-11,17H,3,5,7,12H2,(H3,19,20). The van der Waals surface area contributed by atoms with E-state index in [2.05, 4.69) is 24.3 Å². The van der Waals surface area contributed by atoms with E-state index in [-0.39, 0.29) is 11.9 Å². The molecule has 0 radical (unpaired) electrons. The summed E-state index contributed by atoms with van der Waals surface area (Å²) in [6.45, 7) is 0.594. The number of aryl methyl sites for hydroxylation is 1. The van der Waals surface area contributed by atoms with Gasteiger partial charge in [0.05, 0.1) is 12.7 Å². The maximum Gasteiger partial charge on any atom is 0.122 e. The summed E-state index contributed by atoms with van der Waals surface area (Å²) in [6.07, 6.45) is 3.62. The monoisotopic (exact) mass is 280 g/mol. The predicted molar refractivity (Wildman–Crippen MR) is 84.4 cm³/mol. The van der Waals surface area contributed by atoms with Gasteiger partial charge in [0.2, 0.25) is 0 Å². The van der Waals surface area contributed by atoms with Crippen LogP contribution in [0.2, 0.25) is 0 Å². The van der Waals surface area contributed by atoms with Crippen molar-refractivity contribution in [2.75, 3.05) is 0 Å². The van der Waals surface area contributed by atoms with E-state index in [1.807, 2.05) is 24.3 Å². The number of amidine groups is 1. The zero-order chi connectivity index (χ0) is 14.7. The fourth-order valence-corrected chi connectivity index (χ4v) is 2.86. The van der Waals surface area contributed by atoms with Crippen molar-refractivity contribution in [1.82, 2.24) is 0 Å². The van der Waals surface area contributed by atoms with E-state index in [1.54, 1.807) is 0 Å². The van der Waals surface area contributed by atoms with Crippen molar-refractivity contribution in [1.29, 1.82) is 5.41 Å². The summed E-state index contributed by atoms with van der Waals surface area (Å²) in [5.41, 5.74) is 10.1. The number of nitrogen functional groups attached to an aromatic ring is 1. The number of rotatable bonds is 4. The molecule has 1 aliphatic rings. The second-order valence-corrected chi connectivity index (χ2v) is 5.50. The second kappa shape index (κ2) is 6.10. The highest BCUT2D eigenvalue weighted by atomic mass is 16.5. The molecule has 0 aromatic heterocycles. The molecule has 3 rings (SSSR count). The average Bonchev–Trinajstić information content (AvgIpc) is 2.53. The highest BCUT2D eigenvalue weighted by Gasteiger charge is 2.20. The summed E-state index contributed by atoms with van der Waals surface area (Å²) in [4.78, 5) is 0. The van der Waals surface area contributed by atoms with Gasteiger partial charge in [-0.25, -0.2) is 0 Å². The lowest BCUT2D eigenvalue weighted by atomic mass is 9.89. The van der Waals surface area contributed by atoms with Gasteiger partial charge in [-0.15, -0.1) is 0 Å². The topological polar surface area (TPSA) is 59.1 Å².